The summed E-state index contributed by atoms with van der Waals surface area (Å²) >= 11 is 0. The van der Waals surface area contributed by atoms with E-state index in [2.05, 4.69) is 28.0 Å². The topological polar surface area (TPSA) is 48.3 Å². The first-order valence-electron chi connectivity index (χ1n) is 8.04. The molecule has 1 fully saturated rings. The van der Waals surface area contributed by atoms with Crippen LogP contribution < -0.4 is 5.32 Å². The molecule has 1 aliphatic heterocycles. The minimum Gasteiger partial charge on any atom is -0.382 e. The average Bonchev–Trinajstić information content (AvgIpc) is 2.96. The molecule has 1 aromatic heterocycles. The third-order valence-electron chi connectivity index (χ3n) is 4.41. The molecule has 0 spiro atoms. The van der Waals surface area contributed by atoms with Crippen LogP contribution in [0.2, 0.25) is 0 Å². The van der Waals surface area contributed by atoms with Crippen molar-refractivity contribution in [3.8, 4) is 0 Å². The lowest BCUT2D eigenvalue weighted by Crippen LogP contribution is -2.39. The zero-order chi connectivity index (χ0) is 15.0. The average molecular weight is 295 g/mol. The summed E-state index contributed by atoms with van der Waals surface area (Å²) < 4.78 is 12.8. The largest absolute Gasteiger partial charge is 0.382 e. The number of ether oxygens (including phenoxy) is 2. The van der Waals surface area contributed by atoms with Gasteiger partial charge in [-0.05, 0) is 38.8 Å². The molecule has 1 aromatic rings. The van der Waals surface area contributed by atoms with Crippen LogP contribution in [0.15, 0.2) is 12.5 Å². The number of rotatable bonds is 9. The molecule has 120 valence electrons. The molecule has 0 bridgehead atoms. The maximum absolute atomic E-state index is 5.50. The molecular weight excluding hydrogens is 266 g/mol. The molecule has 1 aliphatic rings. The van der Waals surface area contributed by atoms with Gasteiger partial charge in [-0.25, -0.2) is 4.98 Å². The van der Waals surface area contributed by atoms with Crippen molar-refractivity contribution in [3.63, 3.8) is 0 Å². The summed E-state index contributed by atoms with van der Waals surface area (Å²) in [5.74, 6) is 0. The number of nitrogens with one attached hydrogen (secondary N) is 1. The molecule has 0 atom stereocenters. The van der Waals surface area contributed by atoms with Gasteiger partial charge in [0.1, 0.15) is 0 Å². The third kappa shape index (κ3) is 4.80. The summed E-state index contributed by atoms with van der Waals surface area (Å²) in [6.45, 7) is 7.80. The van der Waals surface area contributed by atoms with E-state index in [9.17, 15) is 0 Å². The Bertz CT molecular complexity index is 400. The van der Waals surface area contributed by atoms with Crippen LogP contribution in [0, 0.1) is 0 Å². The Labute approximate surface area is 128 Å². The molecule has 5 heteroatoms. The van der Waals surface area contributed by atoms with Gasteiger partial charge in [-0.1, -0.05) is 6.92 Å². The highest BCUT2D eigenvalue weighted by Crippen LogP contribution is 2.32. The van der Waals surface area contributed by atoms with Gasteiger partial charge in [-0.2, -0.15) is 0 Å². The van der Waals surface area contributed by atoms with E-state index in [1.54, 1.807) is 7.11 Å². The minimum absolute atomic E-state index is 0.275. The number of unbranched alkanes of at least 4 members (excludes halogenated alkanes) is 1. The molecule has 2 heterocycles. The van der Waals surface area contributed by atoms with E-state index in [0.717, 1.165) is 39.1 Å². The molecule has 1 N–H and O–H groups in total. The van der Waals surface area contributed by atoms with Gasteiger partial charge < -0.3 is 19.4 Å². The molecule has 0 saturated carbocycles. The zero-order valence-electron chi connectivity index (χ0n) is 13.4. The van der Waals surface area contributed by atoms with Crippen LogP contribution in [0.1, 0.15) is 38.3 Å². The summed E-state index contributed by atoms with van der Waals surface area (Å²) in [5.41, 5.74) is 1.67. The number of imidazole rings is 1. The zero-order valence-corrected chi connectivity index (χ0v) is 13.4. The Kier molecular flexibility index (Phi) is 6.67. The highest BCUT2D eigenvalue weighted by molar-refractivity contribution is 5.15. The van der Waals surface area contributed by atoms with Crippen molar-refractivity contribution in [1.82, 2.24) is 14.9 Å². The van der Waals surface area contributed by atoms with E-state index < -0.39 is 0 Å². The first-order chi connectivity index (χ1) is 10.3. The van der Waals surface area contributed by atoms with Crippen molar-refractivity contribution in [2.24, 2.45) is 0 Å². The predicted octanol–water partition coefficient (Wildman–Crippen LogP) is 1.97. The Morgan fingerprint density at radius 3 is 2.81 bits per heavy atom. The second-order valence-electron chi connectivity index (χ2n) is 6.10. The lowest BCUT2D eigenvalue weighted by Gasteiger charge is -2.34. The third-order valence-corrected chi connectivity index (χ3v) is 4.41. The number of hydrogen-bond donors (Lipinski definition) is 1. The van der Waals surface area contributed by atoms with Crippen LogP contribution in [0.25, 0.3) is 0 Å². The SMILES string of the molecule is COCCOCCCCn1cncc1C1(C)CCNCC1. The van der Waals surface area contributed by atoms with Crippen molar-refractivity contribution < 1.29 is 9.47 Å². The van der Waals surface area contributed by atoms with Crippen molar-refractivity contribution in [3.05, 3.63) is 18.2 Å². The van der Waals surface area contributed by atoms with E-state index in [4.69, 9.17) is 9.47 Å². The fraction of sp³-hybridized carbons (Fsp3) is 0.812. The summed E-state index contributed by atoms with van der Waals surface area (Å²) in [6.07, 6.45) is 8.64. The lowest BCUT2D eigenvalue weighted by atomic mass is 9.78. The van der Waals surface area contributed by atoms with Crippen LogP contribution in [-0.2, 0) is 21.4 Å². The van der Waals surface area contributed by atoms with Crippen molar-refractivity contribution >= 4 is 0 Å². The smallest absolute Gasteiger partial charge is 0.0948 e. The van der Waals surface area contributed by atoms with E-state index >= 15 is 0 Å². The highest BCUT2D eigenvalue weighted by atomic mass is 16.5. The first kappa shape index (κ1) is 16.5. The minimum atomic E-state index is 0.275. The highest BCUT2D eigenvalue weighted by Gasteiger charge is 2.31. The first-order valence-corrected chi connectivity index (χ1v) is 8.04. The second-order valence-corrected chi connectivity index (χ2v) is 6.10. The standard InChI is InChI=1S/C16H29N3O2/c1-16(5-7-17-8-6-16)15-13-18-14-19(15)9-3-4-10-21-12-11-20-2/h13-14,17H,3-12H2,1-2H3. The fourth-order valence-corrected chi connectivity index (χ4v) is 2.97. The fourth-order valence-electron chi connectivity index (χ4n) is 2.97. The van der Waals surface area contributed by atoms with Crippen LogP contribution in [0.3, 0.4) is 0 Å². The molecule has 0 amide bonds. The monoisotopic (exact) mass is 295 g/mol. The van der Waals surface area contributed by atoms with Crippen LogP contribution >= 0.6 is 0 Å². The van der Waals surface area contributed by atoms with Gasteiger partial charge in [0, 0.05) is 37.6 Å². The molecule has 1 saturated heterocycles. The van der Waals surface area contributed by atoms with E-state index in [0.29, 0.717) is 13.2 Å². The summed E-state index contributed by atoms with van der Waals surface area (Å²) in [6, 6.07) is 0. The van der Waals surface area contributed by atoms with Gasteiger partial charge >= 0.3 is 0 Å². The van der Waals surface area contributed by atoms with Gasteiger partial charge in [-0.3, -0.25) is 0 Å². The molecule has 0 radical (unpaired) electrons. The number of methoxy groups -OCH3 is 1. The number of aromatic nitrogens is 2. The molecule has 21 heavy (non-hydrogen) atoms. The lowest BCUT2D eigenvalue weighted by molar-refractivity contribution is 0.0683. The molecular formula is C16H29N3O2. The Balaban J connectivity index is 1.75. The Hall–Kier alpha value is -0.910. The Morgan fingerprint density at radius 2 is 2.05 bits per heavy atom. The summed E-state index contributed by atoms with van der Waals surface area (Å²) in [7, 11) is 1.70. The van der Waals surface area contributed by atoms with Crippen LogP contribution in [0.4, 0.5) is 0 Å². The number of nitrogens with zero attached hydrogens (tertiary/aromatic N) is 2. The van der Waals surface area contributed by atoms with Crippen molar-refractivity contribution in [2.45, 2.75) is 44.6 Å². The number of aryl methyl sites for hydroxylation is 1. The van der Waals surface area contributed by atoms with Gasteiger partial charge in [0.05, 0.1) is 19.5 Å². The van der Waals surface area contributed by atoms with Gasteiger partial charge in [0.25, 0.3) is 0 Å². The molecule has 0 aromatic carbocycles. The van der Waals surface area contributed by atoms with Crippen molar-refractivity contribution in [2.75, 3.05) is 40.0 Å². The quantitative estimate of drug-likeness (QED) is 0.708. The van der Waals surface area contributed by atoms with Crippen molar-refractivity contribution in [1.29, 1.82) is 0 Å². The second kappa shape index (κ2) is 8.51. The summed E-state index contributed by atoms with van der Waals surface area (Å²) in [4.78, 5) is 4.38. The summed E-state index contributed by atoms with van der Waals surface area (Å²) in [5, 5.41) is 3.44. The number of hydrogen-bond acceptors (Lipinski definition) is 4. The molecule has 5 nitrogen and oxygen atoms in total. The maximum atomic E-state index is 5.50. The van der Waals surface area contributed by atoms with Gasteiger partial charge in [-0.15, -0.1) is 0 Å². The molecule has 0 aliphatic carbocycles. The van der Waals surface area contributed by atoms with Gasteiger partial charge in [0.2, 0.25) is 0 Å². The predicted molar refractivity (Wildman–Crippen MR) is 83.6 cm³/mol. The van der Waals surface area contributed by atoms with E-state index in [1.807, 2.05) is 6.33 Å². The van der Waals surface area contributed by atoms with Crippen LogP contribution in [0.5, 0.6) is 0 Å². The van der Waals surface area contributed by atoms with Crippen LogP contribution in [-0.4, -0.2) is 49.6 Å². The maximum Gasteiger partial charge on any atom is 0.0948 e. The van der Waals surface area contributed by atoms with E-state index in [1.165, 1.54) is 18.5 Å². The normalized spacial score (nSPS) is 18.0. The van der Waals surface area contributed by atoms with E-state index in [-0.39, 0.29) is 5.41 Å². The van der Waals surface area contributed by atoms with Gasteiger partial charge in [0.15, 0.2) is 0 Å². The Morgan fingerprint density at radius 1 is 1.24 bits per heavy atom. The molecule has 2 rings (SSSR count). The number of piperidine rings is 1. The molecule has 0 unspecified atom stereocenters.